The molecule has 0 bridgehead atoms. The van der Waals surface area contributed by atoms with Gasteiger partial charge in [-0.3, -0.25) is 4.79 Å². The van der Waals surface area contributed by atoms with Crippen LogP contribution in [-0.2, 0) is 17.6 Å². The fourth-order valence-corrected chi connectivity index (χ4v) is 2.84. The van der Waals surface area contributed by atoms with E-state index in [4.69, 9.17) is 9.52 Å². The van der Waals surface area contributed by atoms with Gasteiger partial charge in [-0.05, 0) is 25.0 Å². The summed E-state index contributed by atoms with van der Waals surface area (Å²) in [7, 11) is 0. The van der Waals surface area contributed by atoms with Crippen molar-refractivity contribution in [1.29, 1.82) is 0 Å². The highest BCUT2D eigenvalue weighted by Gasteiger charge is 2.29. The summed E-state index contributed by atoms with van der Waals surface area (Å²) in [6.45, 7) is 0. The number of nitrogens with zero attached hydrogens (tertiary/aromatic N) is 3. The fourth-order valence-electron chi connectivity index (χ4n) is 2.09. The van der Waals surface area contributed by atoms with Crippen LogP contribution in [0.3, 0.4) is 0 Å². The molecule has 2 heterocycles. The molecule has 2 aromatic rings. The van der Waals surface area contributed by atoms with Crippen LogP contribution in [-0.4, -0.2) is 31.6 Å². The zero-order chi connectivity index (χ0) is 13.9. The van der Waals surface area contributed by atoms with Crippen molar-refractivity contribution in [3.8, 4) is 0 Å². The Bertz CT molecular complexity index is 590. The second-order valence-electron chi connectivity index (χ2n) is 4.76. The van der Waals surface area contributed by atoms with E-state index < -0.39 is 5.97 Å². The van der Waals surface area contributed by atoms with Crippen molar-refractivity contribution in [2.24, 2.45) is 0 Å². The molecule has 7 heteroatoms. The standard InChI is InChI=1S/C13H15N3O3S/c17-12(18)8-20-13-15-14-11(16(13)9-3-4-9)6-5-10-2-1-7-19-10/h1-2,7,9H,3-6,8H2,(H,17,18). The molecule has 1 fully saturated rings. The van der Waals surface area contributed by atoms with Crippen molar-refractivity contribution in [2.45, 2.75) is 36.9 Å². The number of aliphatic carboxylic acids is 1. The number of carboxylic acids is 1. The van der Waals surface area contributed by atoms with E-state index in [9.17, 15) is 4.79 Å². The smallest absolute Gasteiger partial charge is 0.313 e. The number of aromatic nitrogens is 3. The second-order valence-corrected chi connectivity index (χ2v) is 5.70. The fraction of sp³-hybridized carbons (Fsp3) is 0.462. The summed E-state index contributed by atoms with van der Waals surface area (Å²) in [6, 6.07) is 4.25. The first-order chi connectivity index (χ1) is 9.74. The van der Waals surface area contributed by atoms with Crippen LogP contribution in [0.5, 0.6) is 0 Å². The van der Waals surface area contributed by atoms with Crippen molar-refractivity contribution < 1.29 is 14.3 Å². The summed E-state index contributed by atoms with van der Waals surface area (Å²) < 4.78 is 7.41. The normalized spacial score (nSPS) is 14.6. The predicted molar refractivity (Wildman–Crippen MR) is 72.8 cm³/mol. The summed E-state index contributed by atoms with van der Waals surface area (Å²) in [5.74, 6) is 1.02. The molecule has 0 amide bonds. The van der Waals surface area contributed by atoms with Crippen LogP contribution in [0.25, 0.3) is 0 Å². The average Bonchev–Trinajstić information content (AvgIpc) is 2.98. The molecule has 0 aromatic carbocycles. The van der Waals surface area contributed by atoms with Gasteiger partial charge in [-0.25, -0.2) is 0 Å². The van der Waals surface area contributed by atoms with Crippen LogP contribution in [0, 0.1) is 0 Å². The molecule has 3 rings (SSSR count). The van der Waals surface area contributed by atoms with Gasteiger partial charge < -0.3 is 14.1 Å². The van der Waals surface area contributed by atoms with E-state index in [1.165, 1.54) is 11.8 Å². The van der Waals surface area contributed by atoms with Gasteiger partial charge in [0.25, 0.3) is 0 Å². The maximum Gasteiger partial charge on any atom is 0.313 e. The lowest BCUT2D eigenvalue weighted by Gasteiger charge is -2.07. The zero-order valence-corrected chi connectivity index (χ0v) is 11.7. The third-order valence-corrected chi connectivity index (χ3v) is 4.07. The first-order valence-electron chi connectivity index (χ1n) is 6.55. The quantitative estimate of drug-likeness (QED) is 0.788. The molecular formula is C13H15N3O3S. The third-order valence-electron chi connectivity index (χ3n) is 3.15. The summed E-state index contributed by atoms with van der Waals surface area (Å²) >= 11 is 1.23. The lowest BCUT2D eigenvalue weighted by atomic mass is 10.2. The highest BCUT2D eigenvalue weighted by Crippen LogP contribution is 2.38. The van der Waals surface area contributed by atoms with Crippen molar-refractivity contribution in [1.82, 2.24) is 14.8 Å². The molecule has 1 saturated carbocycles. The zero-order valence-electron chi connectivity index (χ0n) is 10.9. The van der Waals surface area contributed by atoms with Gasteiger partial charge >= 0.3 is 5.97 Å². The molecule has 0 atom stereocenters. The Morgan fingerprint density at radius 2 is 2.30 bits per heavy atom. The van der Waals surface area contributed by atoms with Gasteiger partial charge in [0.05, 0.1) is 12.0 Å². The van der Waals surface area contributed by atoms with Gasteiger partial charge in [-0.1, -0.05) is 11.8 Å². The Labute approximate surface area is 120 Å². The minimum Gasteiger partial charge on any atom is -0.481 e. The molecule has 1 aliphatic rings. The minimum absolute atomic E-state index is 0.0169. The molecule has 2 aromatic heterocycles. The number of furan rings is 1. The first-order valence-corrected chi connectivity index (χ1v) is 7.53. The number of rotatable bonds is 7. The van der Waals surface area contributed by atoms with E-state index in [1.807, 2.05) is 12.1 Å². The highest BCUT2D eigenvalue weighted by molar-refractivity contribution is 7.99. The van der Waals surface area contributed by atoms with E-state index in [0.717, 1.165) is 37.3 Å². The molecule has 106 valence electrons. The van der Waals surface area contributed by atoms with E-state index in [0.29, 0.717) is 11.2 Å². The van der Waals surface area contributed by atoms with Gasteiger partial charge in [0, 0.05) is 18.9 Å². The largest absolute Gasteiger partial charge is 0.481 e. The van der Waals surface area contributed by atoms with E-state index in [1.54, 1.807) is 6.26 Å². The SMILES string of the molecule is O=C(O)CSc1nnc(CCc2ccco2)n1C1CC1. The molecule has 6 nitrogen and oxygen atoms in total. The highest BCUT2D eigenvalue weighted by atomic mass is 32.2. The van der Waals surface area contributed by atoms with Gasteiger partial charge in [-0.2, -0.15) is 0 Å². The molecular weight excluding hydrogens is 278 g/mol. The number of hydrogen-bond donors (Lipinski definition) is 1. The van der Waals surface area contributed by atoms with Crippen molar-refractivity contribution in [3.63, 3.8) is 0 Å². The summed E-state index contributed by atoms with van der Waals surface area (Å²) in [5, 5.41) is 17.8. The van der Waals surface area contributed by atoms with E-state index >= 15 is 0 Å². The monoisotopic (exact) mass is 293 g/mol. The second kappa shape index (κ2) is 5.70. The topological polar surface area (TPSA) is 81.2 Å². The van der Waals surface area contributed by atoms with Crippen LogP contribution >= 0.6 is 11.8 Å². The summed E-state index contributed by atoms with van der Waals surface area (Å²) in [6.07, 6.45) is 5.43. The molecule has 1 aliphatic carbocycles. The Balaban J connectivity index is 1.71. The number of carboxylic acid groups (broad SMARTS) is 1. The molecule has 20 heavy (non-hydrogen) atoms. The van der Waals surface area contributed by atoms with Gasteiger partial charge in [0.2, 0.25) is 0 Å². The van der Waals surface area contributed by atoms with Crippen LogP contribution < -0.4 is 0 Å². The molecule has 0 radical (unpaired) electrons. The molecule has 1 N–H and O–H groups in total. The Kier molecular flexibility index (Phi) is 3.77. The maximum absolute atomic E-state index is 10.7. The molecule has 0 aliphatic heterocycles. The maximum atomic E-state index is 10.7. The summed E-state index contributed by atoms with van der Waals surface area (Å²) in [5.41, 5.74) is 0. The molecule has 0 saturated heterocycles. The minimum atomic E-state index is -0.836. The first kappa shape index (κ1) is 13.2. The predicted octanol–water partition coefficient (Wildman–Crippen LogP) is 2.17. The van der Waals surface area contributed by atoms with Crippen LogP contribution in [0.2, 0.25) is 0 Å². The van der Waals surface area contributed by atoms with E-state index in [-0.39, 0.29) is 5.75 Å². The molecule has 0 spiro atoms. The lowest BCUT2D eigenvalue weighted by molar-refractivity contribution is -0.133. The van der Waals surface area contributed by atoms with E-state index in [2.05, 4.69) is 14.8 Å². The number of aryl methyl sites for hydroxylation is 2. The average molecular weight is 293 g/mol. The Hall–Kier alpha value is -1.76. The van der Waals surface area contributed by atoms with Crippen molar-refractivity contribution in [2.75, 3.05) is 5.75 Å². The van der Waals surface area contributed by atoms with Crippen LogP contribution in [0.4, 0.5) is 0 Å². The van der Waals surface area contributed by atoms with Crippen LogP contribution in [0.1, 0.15) is 30.5 Å². The summed E-state index contributed by atoms with van der Waals surface area (Å²) in [4.78, 5) is 10.7. The lowest BCUT2D eigenvalue weighted by Crippen LogP contribution is -2.06. The number of hydrogen-bond acceptors (Lipinski definition) is 5. The Morgan fingerprint density at radius 3 is 2.95 bits per heavy atom. The number of thioether (sulfide) groups is 1. The third kappa shape index (κ3) is 3.04. The van der Waals surface area contributed by atoms with Crippen molar-refractivity contribution in [3.05, 3.63) is 30.0 Å². The van der Waals surface area contributed by atoms with Crippen molar-refractivity contribution >= 4 is 17.7 Å². The number of carbonyl (C=O) groups is 1. The van der Waals surface area contributed by atoms with Gasteiger partial charge in [0.1, 0.15) is 11.6 Å². The van der Waals surface area contributed by atoms with Gasteiger partial charge in [-0.15, -0.1) is 10.2 Å². The Morgan fingerprint density at radius 1 is 1.45 bits per heavy atom. The molecule has 0 unspecified atom stereocenters. The van der Waals surface area contributed by atoms with Crippen LogP contribution in [0.15, 0.2) is 28.0 Å². The van der Waals surface area contributed by atoms with Gasteiger partial charge in [0.15, 0.2) is 5.16 Å².